The first-order chi connectivity index (χ1) is 24.8. The molecule has 0 spiro atoms. The van der Waals surface area contributed by atoms with Gasteiger partial charge in [0.25, 0.3) is 0 Å². The lowest BCUT2D eigenvalue weighted by Gasteiger charge is -2.53. The van der Waals surface area contributed by atoms with Crippen molar-refractivity contribution in [3.05, 3.63) is 0 Å². The zero-order valence-corrected chi connectivity index (χ0v) is 35.5. The van der Waals surface area contributed by atoms with Crippen molar-refractivity contribution in [3.8, 4) is 0 Å². The van der Waals surface area contributed by atoms with Crippen molar-refractivity contribution >= 4 is 5.97 Å². The molecule has 14 heteroatoms. The molecule has 14 nitrogen and oxygen atoms in total. The van der Waals surface area contributed by atoms with Gasteiger partial charge in [0, 0.05) is 31.4 Å². The van der Waals surface area contributed by atoms with Crippen LogP contribution in [0.25, 0.3) is 0 Å². The van der Waals surface area contributed by atoms with Gasteiger partial charge in [-0.1, -0.05) is 27.7 Å². The molecule has 0 amide bonds. The molecule has 4 aliphatic rings. The van der Waals surface area contributed by atoms with Gasteiger partial charge in [-0.2, -0.15) is 0 Å². The van der Waals surface area contributed by atoms with Gasteiger partial charge < -0.3 is 63.2 Å². The van der Waals surface area contributed by atoms with Gasteiger partial charge >= 0.3 is 5.97 Å². The number of fused-ring (bicyclic) bond motifs is 2. The maximum Gasteiger partial charge on any atom is 0.311 e. The summed E-state index contributed by atoms with van der Waals surface area (Å²) in [6, 6.07) is -0.276. The maximum absolute atomic E-state index is 14.4. The number of esters is 1. The fourth-order valence-electron chi connectivity index (χ4n) is 9.67. The quantitative estimate of drug-likeness (QED) is 0.277. The largest absolute Gasteiger partial charge is 0.459 e. The number of aliphatic hydroxyl groups is 4. The van der Waals surface area contributed by atoms with Crippen LogP contribution in [0.15, 0.2) is 0 Å². The maximum atomic E-state index is 14.4. The molecule has 4 fully saturated rings. The van der Waals surface area contributed by atoms with Gasteiger partial charge in [0.2, 0.25) is 0 Å². The van der Waals surface area contributed by atoms with Gasteiger partial charge in [-0.15, -0.1) is 0 Å². The summed E-state index contributed by atoms with van der Waals surface area (Å²) in [6.07, 6.45) is -8.06. The van der Waals surface area contributed by atoms with Gasteiger partial charge in [0.05, 0.1) is 53.7 Å². The molecule has 4 heterocycles. The van der Waals surface area contributed by atoms with Crippen molar-refractivity contribution in [1.29, 1.82) is 0 Å². The Morgan fingerprint density at radius 2 is 1.52 bits per heavy atom. The zero-order valence-electron chi connectivity index (χ0n) is 35.5. The van der Waals surface area contributed by atoms with Crippen molar-refractivity contribution in [1.82, 2.24) is 4.90 Å². The number of likely N-dealkylation sites (N-methyl/N-ethyl adjacent to an activating group) is 1. The Morgan fingerprint density at radius 1 is 0.889 bits per heavy atom. The Labute approximate surface area is 323 Å². The second-order valence-electron chi connectivity index (χ2n) is 18.3. The van der Waals surface area contributed by atoms with Crippen LogP contribution in [-0.4, -0.2) is 149 Å². The second-order valence-corrected chi connectivity index (χ2v) is 18.3. The Kier molecular flexibility index (Phi) is 14.4. The summed E-state index contributed by atoms with van der Waals surface area (Å²) in [5, 5.41) is 47.6. The molecular formula is C40H73NO13. The minimum atomic E-state index is -1.62. The average Bonchev–Trinajstić information content (AvgIpc) is 3.07. The van der Waals surface area contributed by atoms with Crippen LogP contribution in [0.1, 0.15) is 109 Å². The SMILES string of the molecule is CC[C@H]1OC(=O)[C@H](C)[C@@H](OC2C[C@@](C)(OC)[C@@H](O)[C@H](C)O2)[C@H](C)[C@@H](OC2O[C@H](C)C[C@H](N(C)C)[C@H]2O)[C@](C)(O)C[C@@H](C)[C@@H]2OC(C)(C)O[C@H]([C@H]2C)[C@]1(C)O. The van der Waals surface area contributed by atoms with Crippen molar-refractivity contribution in [2.24, 2.45) is 23.7 Å². The standard InChI is InChI=1S/C40H73NO13/c1-16-27-40(12,46)34-22(4)30(53-37(8,9)54-34)20(2)18-38(10,45)33(52-36-29(42)26(41(13)14)17-21(3)48-36)23(5)31(24(6)35(44)50-27)51-28-19-39(11,47-15)32(43)25(7)49-28/h20-34,36,42-43,45-46H,16-19H2,1-15H3/t20-,21-,22+,23+,24-,25+,26+,27-,28?,29-,30+,31+,32+,33-,34-,36?,38-,39-,40-/m1/s1. The predicted octanol–water partition coefficient (Wildman–Crippen LogP) is 3.38. The van der Waals surface area contributed by atoms with E-state index >= 15 is 0 Å². The number of cyclic esters (lactones) is 1. The van der Waals surface area contributed by atoms with Gasteiger partial charge in [0.1, 0.15) is 23.9 Å². The van der Waals surface area contributed by atoms with Crippen molar-refractivity contribution in [2.45, 2.75) is 205 Å². The minimum Gasteiger partial charge on any atom is -0.459 e. The molecule has 0 radical (unpaired) electrons. The molecule has 0 aliphatic carbocycles. The van der Waals surface area contributed by atoms with E-state index in [1.165, 1.54) is 7.11 Å². The molecule has 2 unspecified atom stereocenters. The number of carbonyl (C=O) groups is 1. The van der Waals surface area contributed by atoms with Crippen LogP contribution in [0.4, 0.5) is 0 Å². The monoisotopic (exact) mass is 776 g/mol. The van der Waals surface area contributed by atoms with E-state index < -0.39 is 102 Å². The molecule has 0 aromatic carbocycles. The first kappa shape index (κ1) is 45.7. The number of aliphatic hydroxyl groups excluding tert-OH is 2. The summed E-state index contributed by atoms with van der Waals surface area (Å²) >= 11 is 0. The third kappa shape index (κ3) is 9.47. The van der Waals surface area contributed by atoms with E-state index in [0.29, 0.717) is 12.8 Å². The molecule has 2 bridgehead atoms. The van der Waals surface area contributed by atoms with Crippen LogP contribution >= 0.6 is 0 Å². The van der Waals surface area contributed by atoms with Crippen LogP contribution in [0.2, 0.25) is 0 Å². The smallest absolute Gasteiger partial charge is 0.311 e. The molecule has 0 aromatic rings. The molecule has 19 atom stereocenters. The summed E-state index contributed by atoms with van der Waals surface area (Å²) in [4.78, 5) is 16.3. The highest BCUT2D eigenvalue weighted by Crippen LogP contribution is 2.45. The topological polar surface area (TPSA) is 175 Å². The van der Waals surface area contributed by atoms with Crippen LogP contribution < -0.4 is 0 Å². The van der Waals surface area contributed by atoms with Gasteiger partial charge in [-0.3, -0.25) is 4.79 Å². The summed E-state index contributed by atoms with van der Waals surface area (Å²) in [7, 11) is 5.30. The third-order valence-electron chi connectivity index (χ3n) is 12.8. The van der Waals surface area contributed by atoms with E-state index in [2.05, 4.69) is 0 Å². The van der Waals surface area contributed by atoms with E-state index in [1.807, 2.05) is 53.6 Å². The van der Waals surface area contributed by atoms with Gasteiger partial charge in [0.15, 0.2) is 18.4 Å². The fraction of sp³-hybridized carbons (Fsp3) is 0.975. The average molecular weight is 776 g/mol. The van der Waals surface area contributed by atoms with Crippen LogP contribution in [0.3, 0.4) is 0 Å². The normalized spacial score (nSPS) is 51.0. The van der Waals surface area contributed by atoms with E-state index in [9.17, 15) is 25.2 Å². The molecule has 4 aliphatic heterocycles. The second kappa shape index (κ2) is 17.1. The van der Waals surface area contributed by atoms with Crippen LogP contribution in [0.5, 0.6) is 0 Å². The van der Waals surface area contributed by atoms with Crippen molar-refractivity contribution < 1.29 is 63.1 Å². The third-order valence-corrected chi connectivity index (χ3v) is 12.8. The minimum absolute atomic E-state index is 0.142. The summed E-state index contributed by atoms with van der Waals surface area (Å²) in [5.74, 6) is -4.13. The molecule has 0 saturated carbocycles. The lowest BCUT2D eigenvalue weighted by molar-refractivity contribution is -0.360. The Hall–Kier alpha value is -1.01. The lowest BCUT2D eigenvalue weighted by Crippen LogP contribution is -2.65. The number of carbonyl (C=O) groups excluding carboxylic acids is 1. The molecular weight excluding hydrogens is 702 g/mol. The van der Waals surface area contributed by atoms with Gasteiger partial charge in [-0.25, -0.2) is 0 Å². The van der Waals surface area contributed by atoms with E-state index in [1.54, 1.807) is 48.5 Å². The summed E-state index contributed by atoms with van der Waals surface area (Å²) in [5.41, 5.74) is -4.24. The first-order valence-corrected chi connectivity index (χ1v) is 20.0. The van der Waals surface area contributed by atoms with E-state index in [0.717, 1.165) is 0 Å². The van der Waals surface area contributed by atoms with Crippen molar-refractivity contribution in [3.63, 3.8) is 0 Å². The number of ether oxygens (including phenoxy) is 8. The fourth-order valence-corrected chi connectivity index (χ4v) is 9.67. The number of hydrogen-bond acceptors (Lipinski definition) is 14. The number of nitrogens with zero attached hydrogens (tertiary/aromatic N) is 1. The molecule has 54 heavy (non-hydrogen) atoms. The summed E-state index contributed by atoms with van der Waals surface area (Å²) in [6.45, 7) is 21.6. The predicted molar refractivity (Wildman–Crippen MR) is 199 cm³/mol. The first-order valence-electron chi connectivity index (χ1n) is 20.0. The Balaban J connectivity index is 1.86. The number of hydrogen-bond donors (Lipinski definition) is 4. The highest BCUT2D eigenvalue weighted by atomic mass is 16.7. The van der Waals surface area contributed by atoms with Crippen molar-refractivity contribution in [2.75, 3.05) is 21.2 Å². The van der Waals surface area contributed by atoms with E-state index in [4.69, 9.17) is 37.9 Å². The number of rotatable bonds is 7. The Morgan fingerprint density at radius 3 is 2.09 bits per heavy atom. The molecule has 4 saturated heterocycles. The van der Waals surface area contributed by atoms with Gasteiger partial charge in [-0.05, 0) is 94.7 Å². The van der Waals surface area contributed by atoms with E-state index in [-0.39, 0.29) is 36.8 Å². The highest BCUT2D eigenvalue weighted by Gasteiger charge is 2.57. The molecule has 316 valence electrons. The molecule has 4 rings (SSSR count). The number of methoxy groups -OCH3 is 1. The Bertz CT molecular complexity index is 1250. The highest BCUT2D eigenvalue weighted by molar-refractivity contribution is 5.73. The lowest BCUT2D eigenvalue weighted by atomic mass is 9.72. The van der Waals surface area contributed by atoms with Crippen LogP contribution in [-0.2, 0) is 42.7 Å². The zero-order chi connectivity index (χ0) is 40.9. The summed E-state index contributed by atoms with van der Waals surface area (Å²) < 4.78 is 50.9. The van der Waals surface area contributed by atoms with Crippen LogP contribution in [0, 0.1) is 23.7 Å². The molecule has 4 N–H and O–H groups in total. The molecule has 0 aromatic heterocycles.